The first-order valence-electron chi connectivity index (χ1n) is 8.32. The molecule has 1 aromatic carbocycles. The summed E-state index contributed by atoms with van der Waals surface area (Å²) in [6.07, 6.45) is 3.06. The fourth-order valence-corrected chi connectivity index (χ4v) is 3.20. The molecule has 0 unspecified atom stereocenters. The zero-order valence-corrected chi connectivity index (χ0v) is 15.6. The van der Waals surface area contributed by atoms with E-state index in [-0.39, 0.29) is 17.0 Å². The van der Waals surface area contributed by atoms with E-state index in [1.165, 1.54) is 16.9 Å². The molecule has 3 heterocycles. The molecule has 4 aromatic rings. The number of halogens is 2. The van der Waals surface area contributed by atoms with Crippen LogP contribution in [0.15, 0.2) is 24.5 Å². The van der Waals surface area contributed by atoms with Crippen molar-refractivity contribution in [1.82, 2.24) is 30.0 Å². The quantitative estimate of drug-likeness (QED) is 0.564. The monoisotopic (exact) mass is 386 g/mol. The Morgan fingerprint density at radius 1 is 1.37 bits per heavy atom. The first kappa shape index (κ1) is 17.4. The highest BCUT2D eigenvalue weighted by molar-refractivity contribution is 6.31. The number of aryl methyl sites for hydroxylation is 1. The lowest BCUT2D eigenvalue weighted by Crippen LogP contribution is -2.29. The molecule has 0 bridgehead atoms. The highest BCUT2D eigenvalue weighted by Gasteiger charge is 2.20. The molecule has 4 rings (SSSR count). The third-order valence-electron chi connectivity index (χ3n) is 4.16. The predicted octanol–water partition coefficient (Wildman–Crippen LogP) is 3.44. The summed E-state index contributed by atoms with van der Waals surface area (Å²) in [5.74, 6) is -0.749. The number of nitrogens with zero attached hydrogens (tertiary/aromatic N) is 4. The fourth-order valence-electron chi connectivity index (χ4n) is 3.00. The lowest BCUT2D eigenvalue weighted by Gasteiger charge is -2.07. The van der Waals surface area contributed by atoms with Gasteiger partial charge in [-0.2, -0.15) is 5.10 Å². The molecule has 27 heavy (non-hydrogen) atoms. The summed E-state index contributed by atoms with van der Waals surface area (Å²) in [7, 11) is 1.70. The van der Waals surface area contributed by atoms with Gasteiger partial charge in [0, 0.05) is 24.3 Å². The second-order valence-corrected chi connectivity index (χ2v) is 6.97. The number of rotatable bonds is 3. The number of H-pyrrole nitrogens is 1. The second-order valence-electron chi connectivity index (χ2n) is 6.54. The Labute approximate surface area is 158 Å². The van der Waals surface area contributed by atoms with Crippen molar-refractivity contribution >= 4 is 39.6 Å². The van der Waals surface area contributed by atoms with Crippen LogP contribution in [0.25, 0.3) is 33.5 Å². The number of nitrogens with one attached hydrogen (secondary N) is 2. The van der Waals surface area contributed by atoms with Crippen LogP contribution in [0.3, 0.4) is 0 Å². The number of benzene rings is 1. The summed E-state index contributed by atoms with van der Waals surface area (Å²) in [6.45, 7) is 3.75. The minimum atomic E-state index is -0.491. The lowest BCUT2D eigenvalue weighted by molar-refractivity contribution is 0.0944. The maximum absolute atomic E-state index is 14.6. The number of carbonyl (C=O) groups is 1. The van der Waals surface area contributed by atoms with E-state index in [2.05, 4.69) is 25.4 Å². The van der Waals surface area contributed by atoms with Crippen LogP contribution in [0, 0.1) is 5.82 Å². The van der Waals surface area contributed by atoms with Crippen molar-refractivity contribution < 1.29 is 9.18 Å². The lowest BCUT2D eigenvalue weighted by atomic mass is 10.1. The Bertz CT molecular complexity index is 1200. The van der Waals surface area contributed by atoms with Crippen LogP contribution in [-0.2, 0) is 7.05 Å². The number of amides is 1. The molecular formula is C18H16ClFN6O. The van der Waals surface area contributed by atoms with Gasteiger partial charge in [-0.1, -0.05) is 11.6 Å². The van der Waals surface area contributed by atoms with Gasteiger partial charge in [-0.05, 0) is 26.0 Å². The first-order chi connectivity index (χ1) is 12.8. The van der Waals surface area contributed by atoms with Crippen LogP contribution in [0.4, 0.5) is 4.39 Å². The van der Waals surface area contributed by atoms with Crippen molar-refractivity contribution in [1.29, 1.82) is 0 Å². The molecule has 3 aromatic heterocycles. The zero-order valence-electron chi connectivity index (χ0n) is 14.8. The Morgan fingerprint density at radius 2 is 2.15 bits per heavy atom. The third-order valence-corrected chi connectivity index (χ3v) is 4.38. The minimum Gasteiger partial charge on any atom is -0.350 e. The summed E-state index contributed by atoms with van der Waals surface area (Å²) in [5.41, 5.74) is 2.50. The molecule has 7 nitrogen and oxygen atoms in total. The smallest absolute Gasteiger partial charge is 0.255 e. The average molecular weight is 387 g/mol. The SMILES string of the molecule is CC(C)NC(=O)c1c[nH]c2ncc(-c3nn(C)c4cc(Cl)cc(F)c34)nc12. The van der Waals surface area contributed by atoms with Gasteiger partial charge in [0.1, 0.15) is 22.7 Å². The number of carbonyl (C=O) groups excluding carboxylic acids is 1. The molecule has 0 aliphatic heterocycles. The molecule has 0 spiro atoms. The van der Waals surface area contributed by atoms with Crippen LogP contribution >= 0.6 is 11.6 Å². The van der Waals surface area contributed by atoms with E-state index in [0.717, 1.165) is 0 Å². The molecular weight excluding hydrogens is 371 g/mol. The van der Waals surface area contributed by atoms with E-state index in [9.17, 15) is 9.18 Å². The molecule has 9 heteroatoms. The topological polar surface area (TPSA) is 88.5 Å². The number of aromatic amines is 1. The van der Waals surface area contributed by atoms with E-state index in [4.69, 9.17) is 11.6 Å². The molecule has 0 radical (unpaired) electrons. The van der Waals surface area contributed by atoms with E-state index < -0.39 is 5.82 Å². The van der Waals surface area contributed by atoms with Crippen molar-refractivity contribution in [2.45, 2.75) is 19.9 Å². The standard InChI is InChI=1S/C18H16ClFN6O/c1-8(2)23-18(27)10-6-21-17-15(10)24-12(7-22-17)16-14-11(20)4-9(19)5-13(14)26(3)25-16/h4-8H,1-3H3,(H,21,22)(H,23,27). The second kappa shape index (κ2) is 6.31. The van der Waals surface area contributed by atoms with Crippen molar-refractivity contribution in [3.8, 4) is 11.4 Å². The van der Waals surface area contributed by atoms with Gasteiger partial charge in [0.25, 0.3) is 5.91 Å². The van der Waals surface area contributed by atoms with Crippen molar-refractivity contribution in [2.24, 2.45) is 7.05 Å². The van der Waals surface area contributed by atoms with Gasteiger partial charge >= 0.3 is 0 Å². The molecule has 0 saturated heterocycles. The molecule has 0 fully saturated rings. The summed E-state index contributed by atoms with van der Waals surface area (Å²) in [6, 6.07) is 2.86. The molecule has 0 saturated carbocycles. The number of aromatic nitrogens is 5. The highest BCUT2D eigenvalue weighted by atomic mass is 35.5. The van der Waals surface area contributed by atoms with E-state index in [1.807, 2.05) is 13.8 Å². The molecule has 138 valence electrons. The minimum absolute atomic E-state index is 0.0165. The van der Waals surface area contributed by atoms with Gasteiger partial charge in [0.05, 0.1) is 22.7 Å². The van der Waals surface area contributed by atoms with Crippen LogP contribution in [-0.4, -0.2) is 36.7 Å². The van der Waals surface area contributed by atoms with Gasteiger partial charge in [-0.15, -0.1) is 0 Å². The van der Waals surface area contributed by atoms with Gasteiger partial charge in [0.2, 0.25) is 0 Å². The van der Waals surface area contributed by atoms with Gasteiger partial charge in [-0.25, -0.2) is 14.4 Å². The summed E-state index contributed by atoms with van der Waals surface area (Å²) >= 11 is 5.95. The molecule has 1 amide bonds. The summed E-state index contributed by atoms with van der Waals surface area (Å²) in [5, 5.41) is 7.80. The van der Waals surface area contributed by atoms with E-state index >= 15 is 0 Å². The van der Waals surface area contributed by atoms with Crippen LogP contribution in [0.1, 0.15) is 24.2 Å². The van der Waals surface area contributed by atoms with Crippen LogP contribution in [0.2, 0.25) is 5.02 Å². The predicted molar refractivity (Wildman–Crippen MR) is 101 cm³/mol. The average Bonchev–Trinajstić information content (AvgIpc) is 3.15. The number of fused-ring (bicyclic) bond motifs is 2. The first-order valence-corrected chi connectivity index (χ1v) is 8.70. The normalized spacial score (nSPS) is 11.6. The maximum atomic E-state index is 14.6. The van der Waals surface area contributed by atoms with Crippen molar-refractivity contribution in [3.05, 3.63) is 40.9 Å². The molecule has 0 atom stereocenters. The molecule has 2 N–H and O–H groups in total. The van der Waals surface area contributed by atoms with E-state index in [1.54, 1.807) is 19.3 Å². The van der Waals surface area contributed by atoms with Gasteiger partial charge in [0.15, 0.2) is 5.65 Å². The zero-order chi connectivity index (χ0) is 19.3. The fraction of sp³-hybridized carbons (Fsp3) is 0.222. The van der Waals surface area contributed by atoms with Crippen molar-refractivity contribution in [3.63, 3.8) is 0 Å². The van der Waals surface area contributed by atoms with Crippen molar-refractivity contribution in [2.75, 3.05) is 0 Å². The number of hydrogen-bond acceptors (Lipinski definition) is 4. The summed E-state index contributed by atoms with van der Waals surface area (Å²) < 4.78 is 16.1. The number of hydrogen-bond donors (Lipinski definition) is 2. The Kier molecular flexibility index (Phi) is 4.07. The van der Waals surface area contributed by atoms with E-state index in [0.29, 0.717) is 39.0 Å². The Balaban J connectivity index is 1.91. The summed E-state index contributed by atoms with van der Waals surface area (Å²) in [4.78, 5) is 24.2. The Morgan fingerprint density at radius 3 is 2.89 bits per heavy atom. The third kappa shape index (κ3) is 2.91. The van der Waals surface area contributed by atoms with Gasteiger partial charge in [-0.3, -0.25) is 9.48 Å². The molecule has 0 aliphatic carbocycles. The van der Waals surface area contributed by atoms with Gasteiger partial charge < -0.3 is 10.3 Å². The largest absolute Gasteiger partial charge is 0.350 e. The highest BCUT2D eigenvalue weighted by Crippen LogP contribution is 2.31. The van der Waals surface area contributed by atoms with Crippen LogP contribution in [0.5, 0.6) is 0 Å². The van der Waals surface area contributed by atoms with Crippen LogP contribution < -0.4 is 5.32 Å². The Hall–Kier alpha value is -3.00. The maximum Gasteiger partial charge on any atom is 0.255 e. The molecule has 0 aliphatic rings.